The Morgan fingerprint density at radius 2 is 1.24 bits per heavy atom. The summed E-state index contributed by atoms with van der Waals surface area (Å²) in [6.45, 7) is 7.13. The van der Waals surface area contributed by atoms with Gasteiger partial charge in [0.2, 0.25) is 41.4 Å². The number of aromatic nitrogens is 2. The van der Waals surface area contributed by atoms with Crippen LogP contribution in [-0.4, -0.2) is 127 Å². The molecule has 1 heterocycles. The number of aliphatic hydroxyl groups excluding tert-OH is 1. The largest absolute Gasteiger partial charge is 0.481 e. The van der Waals surface area contributed by atoms with Crippen molar-refractivity contribution in [2.75, 3.05) is 0 Å². The number of carbonyl (C=O) groups excluding carboxylic acids is 7. The highest BCUT2D eigenvalue weighted by Crippen LogP contribution is 2.09. The zero-order chi connectivity index (χ0) is 41.3. The zero-order valence-corrected chi connectivity index (χ0v) is 30.7. The van der Waals surface area contributed by atoms with Crippen molar-refractivity contribution in [3.8, 4) is 0 Å². The number of nitrogens with one attached hydrogen (secondary N) is 7. The van der Waals surface area contributed by atoms with Gasteiger partial charge in [0.15, 0.2) is 0 Å². The van der Waals surface area contributed by atoms with Crippen LogP contribution in [0, 0.1) is 5.92 Å². The summed E-state index contributed by atoms with van der Waals surface area (Å²) >= 11 is 0. The first kappa shape index (κ1) is 46.4. The van der Waals surface area contributed by atoms with E-state index in [1.165, 1.54) is 33.3 Å². The third-order valence-electron chi connectivity index (χ3n) is 8.21. The fraction of sp³-hybridized carbons (Fsp3) is 0.625. The molecule has 1 aromatic heterocycles. The first-order valence-electron chi connectivity index (χ1n) is 17.1. The Morgan fingerprint density at radius 1 is 0.722 bits per heavy atom. The second kappa shape index (κ2) is 22.4. The maximum atomic E-state index is 13.7. The van der Waals surface area contributed by atoms with Gasteiger partial charge in [0.05, 0.1) is 18.5 Å². The molecule has 0 fully saturated rings. The molecule has 0 aliphatic rings. The monoisotopic (exact) mass is 768 g/mol. The summed E-state index contributed by atoms with van der Waals surface area (Å²) in [6.07, 6.45) is -0.641. The minimum Gasteiger partial charge on any atom is -0.481 e. The molecule has 0 aliphatic carbocycles. The number of aliphatic hydroxyl groups is 1. The number of nitrogens with zero attached hydrogens (tertiary/aromatic N) is 1. The fourth-order valence-electron chi connectivity index (χ4n) is 4.75. The number of carbonyl (C=O) groups is 9. The summed E-state index contributed by atoms with van der Waals surface area (Å²) in [4.78, 5) is 120. The highest BCUT2D eigenvalue weighted by Gasteiger charge is 2.34. The van der Waals surface area contributed by atoms with E-state index in [0.717, 1.165) is 0 Å². The average molecular weight is 769 g/mol. The number of carboxylic acid groups (broad SMARTS) is 2. The lowest BCUT2D eigenvalue weighted by Gasteiger charge is -2.27. The van der Waals surface area contributed by atoms with Crippen molar-refractivity contribution in [3.05, 3.63) is 18.2 Å². The van der Waals surface area contributed by atoms with Crippen LogP contribution < -0.4 is 43.4 Å². The number of hydrogen-bond donors (Lipinski definition) is 12. The minimum atomic E-state index is -1.61. The van der Waals surface area contributed by atoms with Gasteiger partial charge in [0, 0.05) is 31.2 Å². The van der Waals surface area contributed by atoms with Crippen molar-refractivity contribution in [3.63, 3.8) is 0 Å². The van der Waals surface area contributed by atoms with Gasteiger partial charge in [0.25, 0.3) is 0 Å². The number of carboxylic acids is 2. The molecular weight excluding hydrogens is 716 g/mol. The van der Waals surface area contributed by atoms with Gasteiger partial charge in [0.1, 0.15) is 36.3 Å². The summed E-state index contributed by atoms with van der Waals surface area (Å²) in [5.41, 5.74) is 11.2. The number of amides is 7. The van der Waals surface area contributed by atoms with Crippen LogP contribution in [0.15, 0.2) is 12.5 Å². The lowest BCUT2D eigenvalue weighted by molar-refractivity contribution is -0.143. The van der Waals surface area contributed by atoms with Crippen LogP contribution in [0.1, 0.15) is 72.4 Å². The Kier molecular flexibility index (Phi) is 19.3. The molecule has 0 aromatic carbocycles. The summed E-state index contributed by atoms with van der Waals surface area (Å²) in [6, 6.07) is -9.93. The van der Waals surface area contributed by atoms with E-state index in [1.807, 2.05) is 0 Å². The molecule has 0 radical (unpaired) electrons. The van der Waals surface area contributed by atoms with Gasteiger partial charge in [-0.15, -0.1) is 0 Å². The van der Waals surface area contributed by atoms with Gasteiger partial charge in [-0.05, 0) is 39.5 Å². The van der Waals surface area contributed by atoms with Crippen molar-refractivity contribution >= 4 is 53.3 Å². The second-order valence-corrected chi connectivity index (χ2v) is 12.9. The molecule has 14 N–H and O–H groups in total. The van der Waals surface area contributed by atoms with Crippen molar-refractivity contribution in [1.82, 2.24) is 41.9 Å². The van der Waals surface area contributed by atoms with E-state index in [2.05, 4.69) is 41.9 Å². The van der Waals surface area contributed by atoms with Gasteiger partial charge in [-0.3, -0.25) is 38.4 Å². The number of nitrogens with two attached hydrogens (primary N) is 2. The molecule has 0 unspecified atom stereocenters. The molecule has 0 bridgehead atoms. The quantitative estimate of drug-likeness (QED) is 0.0475. The Bertz CT molecular complexity index is 1490. The number of aliphatic carboxylic acids is 2. The lowest BCUT2D eigenvalue weighted by atomic mass is 9.99. The number of H-pyrrole nitrogens is 1. The van der Waals surface area contributed by atoms with E-state index >= 15 is 0 Å². The SMILES string of the molecule is CC[C@H](C)[C@H](NC(=O)[C@H](C)NC(=O)[C@H](CCC(=O)O)NC(=O)[C@H](CCC(N)=O)NC(=O)[C@H](Cc1cnc[nH]1)NC(=O)[C@@H](NC(=O)[C@H](C)N)[C@@H](C)O)C(=O)O. The predicted octanol–water partition coefficient (Wildman–Crippen LogP) is -4.13. The van der Waals surface area contributed by atoms with Crippen LogP contribution in [0.2, 0.25) is 0 Å². The van der Waals surface area contributed by atoms with E-state index in [-0.39, 0.29) is 6.42 Å². The molecule has 0 aliphatic heterocycles. The van der Waals surface area contributed by atoms with E-state index in [4.69, 9.17) is 11.5 Å². The van der Waals surface area contributed by atoms with E-state index in [1.54, 1.807) is 13.8 Å². The summed E-state index contributed by atoms with van der Waals surface area (Å²) in [7, 11) is 0. The first-order chi connectivity index (χ1) is 25.2. The Hall–Kier alpha value is -5.64. The van der Waals surface area contributed by atoms with Crippen LogP contribution >= 0.6 is 0 Å². The molecule has 1 rings (SSSR count). The van der Waals surface area contributed by atoms with Gasteiger partial charge < -0.3 is 63.7 Å². The van der Waals surface area contributed by atoms with E-state index in [9.17, 15) is 58.5 Å². The lowest BCUT2D eigenvalue weighted by Crippen LogP contribution is -2.61. The second-order valence-electron chi connectivity index (χ2n) is 12.9. The van der Waals surface area contributed by atoms with Crippen molar-refractivity contribution in [1.29, 1.82) is 0 Å². The Labute approximate surface area is 310 Å². The normalized spacial score (nSPS) is 16.0. The molecule has 22 nitrogen and oxygen atoms in total. The number of imidazole rings is 1. The highest BCUT2D eigenvalue weighted by molar-refractivity contribution is 5.97. The number of aromatic amines is 1. The molecule has 22 heteroatoms. The maximum Gasteiger partial charge on any atom is 0.326 e. The standard InChI is InChI=1S/C32H52N10O12/c1-6-14(2)24(32(53)54)41-27(48)16(4)37-28(49)20(8-10-23(45)46)38-29(50)19(7-9-22(34)44)39-30(51)21(11-18-12-35-13-36-18)40-31(52)25(17(5)43)42-26(47)15(3)33/h12-17,19-21,24-25,43H,6-11,33H2,1-5H3,(H2,34,44)(H,35,36)(H,37,49)(H,38,50)(H,39,51)(H,40,52)(H,41,48)(H,42,47)(H,45,46)(H,53,54)/t14-,15-,16-,17+,19-,20-,21-,24-,25-/m0/s1. The molecule has 1 aromatic rings. The first-order valence-corrected chi connectivity index (χ1v) is 17.1. The summed E-state index contributed by atoms with van der Waals surface area (Å²) in [5.74, 6) is -9.72. The van der Waals surface area contributed by atoms with Crippen molar-refractivity contribution in [2.24, 2.45) is 17.4 Å². The Balaban J connectivity index is 3.33. The highest BCUT2D eigenvalue weighted by atomic mass is 16.4. The van der Waals surface area contributed by atoms with Gasteiger partial charge in [-0.1, -0.05) is 20.3 Å². The van der Waals surface area contributed by atoms with E-state index < -0.39 is 133 Å². The smallest absolute Gasteiger partial charge is 0.326 e. The van der Waals surface area contributed by atoms with Crippen LogP contribution in [-0.2, 0) is 49.6 Å². The minimum absolute atomic E-state index is 0.251. The van der Waals surface area contributed by atoms with Crippen LogP contribution in [0.4, 0.5) is 0 Å². The molecule has 0 spiro atoms. The van der Waals surface area contributed by atoms with Crippen molar-refractivity contribution < 1.29 is 58.5 Å². The topological polar surface area (TPSA) is 367 Å². The summed E-state index contributed by atoms with van der Waals surface area (Å²) in [5, 5.41) is 43.0. The number of hydrogen-bond acceptors (Lipinski definition) is 12. The van der Waals surface area contributed by atoms with Crippen LogP contribution in [0.5, 0.6) is 0 Å². The number of rotatable bonds is 24. The molecule has 54 heavy (non-hydrogen) atoms. The molecule has 302 valence electrons. The van der Waals surface area contributed by atoms with Crippen molar-refractivity contribution in [2.45, 2.75) is 122 Å². The zero-order valence-electron chi connectivity index (χ0n) is 30.7. The van der Waals surface area contributed by atoms with Crippen LogP contribution in [0.25, 0.3) is 0 Å². The average Bonchev–Trinajstić information content (AvgIpc) is 3.61. The fourth-order valence-corrected chi connectivity index (χ4v) is 4.75. The Morgan fingerprint density at radius 3 is 1.70 bits per heavy atom. The third kappa shape index (κ3) is 15.9. The molecule has 9 atom stereocenters. The third-order valence-corrected chi connectivity index (χ3v) is 8.21. The number of primary amides is 1. The molecule has 7 amide bonds. The van der Waals surface area contributed by atoms with Crippen LogP contribution in [0.3, 0.4) is 0 Å². The van der Waals surface area contributed by atoms with Gasteiger partial charge in [-0.25, -0.2) is 9.78 Å². The molecule has 0 saturated heterocycles. The van der Waals surface area contributed by atoms with Gasteiger partial charge >= 0.3 is 11.9 Å². The van der Waals surface area contributed by atoms with E-state index in [0.29, 0.717) is 12.1 Å². The summed E-state index contributed by atoms with van der Waals surface area (Å²) < 4.78 is 0. The maximum absolute atomic E-state index is 13.7. The molecule has 0 saturated carbocycles. The predicted molar refractivity (Wildman–Crippen MR) is 187 cm³/mol. The molecular formula is C32H52N10O12. The van der Waals surface area contributed by atoms with Gasteiger partial charge in [-0.2, -0.15) is 0 Å².